The lowest BCUT2D eigenvalue weighted by Gasteiger charge is -2.20. The van der Waals surface area contributed by atoms with Crippen molar-refractivity contribution in [3.63, 3.8) is 0 Å². The van der Waals surface area contributed by atoms with E-state index >= 15 is 0 Å². The summed E-state index contributed by atoms with van der Waals surface area (Å²) in [6, 6.07) is 13.3. The van der Waals surface area contributed by atoms with E-state index in [9.17, 15) is 4.79 Å². The van der Waals surface area contributed by atoms with Crippen LogP contribution in [-0.4, -0.2) is 25.8 Å². The zero-order valence-electron chi connectivity index (χ0n) is 15.3. The summed E-state index contributed by atoms with van der Waals surface area (Å²) in [6.45, 7) is 4.50. The summed E-state index contributed by atoms with van der Waals surface area (Å²) in [7, 11) is 0. The lowest BCUT2D eigenvalue weighted by Crippen LogP contribution is -2.32. The quantitative estimate of drug-likeness (QED) is 0.567. The molecule has 27 heavy (non-hydrogen) atoms. The van der Waals surface area contributed by atoms with Gasteiger partial charge in [-0.15, -0.1) is 0 Å². The second-order valence-corrected chi connectivity index (χ2v) is 6.47. The molecule has 0 spiro atoms. The number of nitrogens with zero attached hydrogens (tertiary/aromatic N) is 4. The predicted molar refractivity (Wildman–Crippen MR) is 102 cm³/mol. The van der Waals surface area contributed by atoms with Crippen LogP contribution in [0.2, 0.25) is 0 Å². The molecular formula is C20H21N5O2. The molecule has 0 fully saturated rings. The van der Waals surface area contributed by atoms with Crippen molar-refractivity contribution in [2.75, 3.05) is 0 Å². The molecule has 2 heterocycles. The molecule has 0 radical (unpaired) electrons. The third-order valence-electron chi connectivity index (χ3n) is 4.77. The largest absolute Gasteiger partial charge is 0.350 e. The molecule has 7 heteroatoms. The Morgan fingerprint density at radius 2 is 1.93 bits per heavy atom. The zero-order chi connectivity index (χ0) is 18.8. The van der Waals surface area contributed by atoms with Crippen molar-refractivity contribution >= 4 is 28.0 Å². The smallest absolute Gasteiger partial charge is 0.243 e. The van der Waals surface area contributed by atoms with Crippen molar-refractivity contribution in [3.8, 4) is 0 Å². The molecule has 1 N–H and O–H groups in total. The molecule has 0 aliphatic carbocycles. The van der Waals surface area contributed by atoms with Crippen LogP contribution >= 0.6 is 0 Å². The predicted octanol–water partition coefficient (Wildman–Crippen LogP) is 3.40. The maximum absolute atomic E-state index is 13.0. The van der Waals surface area contributed by atoms with Crippen molar-refractivity contribution in [1.82, 2.24) is 25.2 Å². The lowest BCUT2D eigenvalue weighted by molar-refractivity contribution is -0.124. The average Bonchev–Trinajstić information content (AvgIpc) is 3.31. The van der Waals surface area contributed by atoms with E-state index in [1.807, 2.05) is 49.4 Å². The number of aromatic nitrogens is 4. The standard InChI is InChI=1S/C20H21N5O2/c1-3-17(25-18-8-6-5-7-15(18)22-19(25)4-2)20(26)21-12-13-9-10-14-16(11-13)24-27-23-14/h5-11,17H,3-4,12H2,1-2H3,(H,21,26). The number of hydrogen-bond acceptors (Lipinski definition) is 5. The number of carbonyl (C=O) groups is 1. The van der Waals surface area contributed by atoms with E-state index < -0.39 is 0 Å². The van der Waals surface area contributed by atoms with Gasteiger partial charge in [0.25, 0.3) is 0 Å². The summed E-state index contributed by atoms with van der Waals surface area (Å²) in [5.41, 5.74) is 4.25. The first-order valence-electron chi connectivity index (χ1n) is 9.16. The van der Waals surface area contributed by atoms with Gasteiger partial charge in [0.05, 0.1) is 11.0 Å². The number of hydrogen-bond donors (Lipinski definition) is 1. The van der Waals surface area contributed by atoms with Gasteiger partial charge in [-0.05, 0) is 46.6 Å². The van der Waals surface area contributed by atoms with Crippen LogP contribution in [0.1, 0.15) is 37.7 Å². The van der Waals surface area contributed by atoms with E-state index in [0.717, 1.165) is 28.8 Å². The molecule has 1 atom stereocenters. The Bertz CT molecular complexity index is 1100. The molecule has 0 aliphatic heterocycles. The van der Waals surface area contributed by atoms with Gasteiger partial charge in [-0.1, -0.05) is 32.0 Å². The van der Waals surface area contributed by atoms with Crippen LogP contribution in [0.15, 0.2) is 47.1 Å². The second-order valence-electron chi connectivity index (χ2n) is 6.47. The van der Waals surface area contributed by atoms with Gasteiger partial charge in [-0.25, -0.2) is 9.61 Å². The van der Waals surface area contributed by atoms with Crippen molar-refractivity contribution in [2.45, 2.75) is 39.3 Å². The van der Waals surface area contributed by atoms with Gasteiger partial charge in [-0.3, -0.25) is 4.79 Å². The minimum atomic E-state index is -0.301. The topological polar surface area (TPSA) is 85.8 Å². The van der Waals surface area contributed by atoms with Gasteiger partial charge >= 0.3 is 0 Å². The first kappa shape index (κ1) is 17.2. The highest BCUT2D eigenvalue weighted by Gasteiger charge is 2.23. The highest BCUT2D eigenvalue weighted by atomic mass is 16.6. The molecule has 2 aromatic heterocycles. The number of amides is 1. The van der Waals surface area contributed by atoms with Crippen molar-refractivity contribution in [3.05, 3.63) is 53.9 Å². The Labute approximate surface area is 156 Å². The zero-order valence-corrected chi connectivity index (χ0v) is 15.3. The summed E-state index contributed by atoms with van der Waals surface area (Å²) in [4.78, 5) is 17.7. The van der Waals surface area contributed by atoms with Crippen molar-refractivity contribution in [1.29, 1.82) is 0 Å². The first-order valence-corrected chi connectivity index (χ1v) is 9.16. The molecule has 0 saturated heterocycles. The van der Waals surface area contributed by atoms with Gasteiger partial charge in [0.1, 0.15) is 22.9 Å². The fourth-order valence-corrected chi connectivity index (χ4v) is 3.42. The minimum absolute atomic E-state index is 0.0197. The van der Waals surface area contributed by atoms with E-state index in [2.05, 4.69) is 32.1 Å². The Morgan fingerprint density at radius 1 is 1.11 bits per heavy atom. The number of rotatable bonds is 6. The number of carbonyl (C=O) groups excluding carboxylic acids is 1. The molecule has 2 aromatic carbocycles. The van der Waals surface area contributed by atoms with Crippen LogP contribution in [0.4, 0.5) is 0 Å². The summed E-state index contributed by atoms with van der Waals surface area (Å²) in [5, 5.41) is 10.7. The molecule has 0 saturated carbocycles. The van der Waals surface area contributed by atoms with E-state index in [1.165, 1.54) is 0 Å². The molecule has 138 valence electrons. The number of nitrogens with one attached hydrogen (secondary N) is 1. The summed E-state index contributed by atoms with van der Waals surface area (Å²) in [5.74, 6) is 0.905. The number of para-hydroxylation sites is 2. The minimum Gasteiger partial charge on any atom is -0.350 e. The number of benzene rings is 2. The second kappa shape index (κ2) is 7.19. The molecule has 7 nitrogen and oxygen atoms in total. The normalized spacial score (nSPS) is 12.5. The van der Waals surface area contributed by atoms with E-state index in [0.29, 0.717) is 24.0 Å². The summed E-state index contributed by atoms with van der Waals surface area (Å²) >= 11 is 0. The molecule has 1 amide bonds. The van der Waals surface area contributed by atoms with Crippen LogP contribution in [0.3, 0.4) is 0 Å². The highest BCUT2D eigenvalue weighted by Crippen LogP contribution is 2.24. The first-order chi connectivity index (χ1) is 13.2. The van der Waals surface area contributed by atoms with Gasteiger partial charge < -0.3 is 9.88 Å². The van der Waals surface area contributed by atoms with Crippen LogP contribution in [-0.2, 0) is 17.8 Å². The van der Waals surface area contributed by atoms with Crippen LogP contribution in [0, 0.1) is 0 Å². The Hall–Kier alpha value is -3.22. The van der Waals surface area contributed by atoms with Crippen molar-refractivity contribution < 1.29 is 9.42 Å². The SMILES string of the molecule is CCc1nc2ccccc2n1C(CC)C(=O)NCc1ccc2nonc2c1. The third kappa shape index (κ3) is 3.16. The fourth-order valence-electron chi connectivity index (χ4n) is 3.42. The Kier molecular flexibility index (Phi) is 4.58. The monoisotopic (exact) mass is 363 g/mol. The van der Waals surface area contributed by atoms with Crippen LogP contribution in [0.5, 0.6) is 0 Å². The molecule has 1 unspecified atom stereocenters. The highest BCUT2D eigenvalue weighted by molar-refractivity contribution is 5.84. The third-order valence-corrected chi connectivity index (χ3v) is 4.77. The molecule has 0 aliphatic rings. The Morgan fingerprint density at radius 3 is 2.74 bits per heavy atom. The lowest BCUT2D eigenvalue weighted by atomic mass is 10.1. The summed E-state index contributed by atoms with van der Waals surface area (Å²) in [6.07, 6.45) is 1.46. The number of imidazole rings is 1. The molecule has 4 aromatic rings. The van der Waals surface area contributed by atoms with Crippen molar-refractivity contribution in [2.24, 2.45) is 0 Å². The summed E-state index contributed by atoms with van der Waals surface area (Å²) < 4.78 is 6.78. The van der Waals surface area contributed by atoms with Crippen LogP contribution in [0.25, 0.3) is 22.1 Å². The maximum atomic E-state index is 13.0. The maximum Gasteiger partial charge on any atom is 0.243 e. The fraction of sp³-hybridized carbons (Fsp3) is 0.300. The van der Waals surface area contributed by atoms with Gasteiger partial charge in [0.15, 0.2) is 0 Å². The van der Waals surface area contributed by atoms with E-state index in [-0.39, 0.29) is 11.9 Å². The van der Waals surface area contributed by atoms with Gasteiger partial charge in [0, 0.05) is 13.0 Å². The number of aryl methyl sites for hydroxylation is 1. The average molecular weight is 363 g/mol. The molecule has 4 rings (SSSR count). The molecular weight excluding hydrogens is 342 g/mol. The van der Waals surface area contributed by atoms with Gasteiger partial charge in [0.2, 0.25) is 5.91 Å². The van der Waals surface area contributed by atoms with Gasteiger partial charge in [-0.2, -0.15) is 0 Å². The number of fused-ring (bicyclic) bond motifs is 2. The van der Waals surface area contributed by atoms with E-state index in [4.69, 9.17) is 4.63 Å². The molecule has 0 bridgehead atoms. The van der Waals surface area contributed by atoms with Crippen LogP contribution < -0.4 is 5.32 Å². The van der Waals surface area contributed by atoms with E-state index in [1.54, 1.807) is 0 Å². The Balaban J connectivity index is 1.58.